The average molecular weight is 352 g/mol. The fraction of sp³-hybridized carbons (Fsp3) is 0.412. The molecule has 25 heavy (non-hydrogen) atoms. The fourth-order valence-corrected chi connectivity index (χ4v) is 2.22. The molecule has 0 aliphatic heterocycles. The number of rotatable bonds is 9. The molecule has 7 nitrogen and oxygen atoms in total. The summed E-state index contributed by atoms with van der Waals surface area (Å²) in [6.45, 7) is 2.52. The Bertz CT molecular complexity index is 662. The highest BCUT2D eigenvalue weighted by atomic mass is 19.1. The summed E-state index contributed by atoms with van der Waals surface area (Å²) in [7, 11) is 0. The summed E-state index contributed by atoms with van der Waals surface area (Å²) < 4.78 is 13.8. The second-order valence-corrected chi connectivity index (χ2v) is 5.69. The summed E-state index contributed by atoms with van der Waals surface area (Å²) in [5.74, 6) is -3.29. The number of amides is 2. The number of nitrogens with one attached hydrogen (secondary N) is 2. The van der Waals surface area contributed by atoms with E-state index in [1.165, 1.54) is 32.0 Å². The molecule has 2 amide bonds. The molecule has 1 aromatic rings. The Balaban J connectivity index is 2.87. The van der Waals surface area contributed by atoms with Gasteiger partial charge in [-0.3, -0.25) is 9.59 Å². The van der Waals surface area contributed by atoms with Crippen LogP contribution < -0.4 is 10.6 Å². The summed E-state index contributed by atoms with van der Waals surface area (Å²) in [5.41, 5.74) is 0.215. The van der Waals surface area contributed by atoms with Crippen molar-refractivity contribution in [2.24, 2.45) is 0 Å². The molecule has 0 radical (unpaired) electrons. The van der Waals surface area contributed by atoms with Crippen LogP contribution in [-0.4, -0.2) is 40.8 Å². The van der Waals surface area contributed by atoms with Gasteiger partial charge in [0.25, 0.3) is 0 Å². The summed E-state index contributed by atoms with van der Waals surface area (Å²) in [6, 6.07) is 3.39. The molecule has 1 rings (SSSR count). The molecule has 0 fully saturated rings. The average Bonchev–Trinajstić information content (AvgIpc) is 2.51. The van der Waals surface area contributed by atoms with E-state index in [-0.39, 0.29) is 30.6 Å². The van der Waals surface area contributed by atoms with Crippen LogP contribution in [-0.2, 0) is 25.6 Å². The summed E-state index contributed by atoms with van der Waals surface area (Å²) in [6.07, 6.45) is -0.199. The number of aliphatic carboxylic acids is 1. The Morgan fingerprint density at radius 3 is 2.24 bits per heavy atom. The largest absolute Gasteiger partial charge is 0.480 e. The standard InChI is InChI=1S/C17H21FN2O5/c1-10(21)7-8-14(17(24)25)20-16(23)15(19-11(2)22)9-12-5-3-4-6-13(12)18/h3-6,14-15H,7-9H2,1-2H3,(H,19,22)(H,20,23)(H,24,25)/t14-,15-/m1/s1. The number of benzene rings is 1. The lowest BCUT2D eigenvalue weighted by Gasteiger charge is -2.21. The molecular weight excluding hydrogens is 331 g/mol. The van der Waals surface area contributed by atoms with E-state index in [4.69, 9.17) is 5.11 Å². The van der Waals surface area contributed by atoms with Crippen LogP contribution >= 0.6 is 0 Å². The quantitative estimate of drug-likeness (QED) is 0.609. The number of carbonyl (C=O) groups is 4. The highest BCUT2D eigenvalue weighted by Crippen LogP contribution is 2.10. The SMILES string of the molecule is CC(=O)CC[C@@H](NC(=O)[C@@H](Cc1ccccc1F)NC(C)=O)C(=O)O. The van der Waals surface area contributed by atoms with Gasteiger partial charge in [-0.05, 0) is 25.0 Å². The number of hydrogen-bond acceptors (Lipinski definition) is 4. The van der Waals surface area contributed by atoms with E-state index in [9.17, 15) is 23.6 Å². The molecule has 0 saturated carbocycles. The second-order valence-electron chi connectivity index (χ2n) is 5.69. The lowest BCUT2D eigenvalue weighted by atomic mass is 10.0. The first-order chi connectivity index (χ1) is 11.7. The van der Waals surface area contributed by atoms with E-state index in [0.29, 0.717) is 0 Å². The van der Waals surface area contributed by atoms with Crippen LogP contribution in [0.4, 0.5) is 4.39 Å². The van der Waals surface area contributed by atoms with Crippen LogP contribution in [0.25, 0.3) is 0 Å². The van der Waals surface area contributed by atoms with E-state index in [1.807, 2.05) is 0 Å². The molecule has 0 spiro atoms. The smallest absolute Gasteiger partial charge is 0.326 e. The van der Waals surface area contributed by atoms with Gasteiger partial charge >= 0.3 is 5.97 Å². The monoisotopic (exact) mass is 352 g/mol. The Hall–Kier alpha value is -2.77. The normalized spacial score (nSPS) is 12.8. The zero-order valence-electron chi connectivity index (χ0n) is 14.0. The highest BCUT2D eigenvalue weighted by Gasteiger charge is 2.26. The van der Waals surface area contributed by atoms with E-state index in [1.54, 1.807) is 6.07 Å². The predicted molar refractivity (Wildman–Crippen MR) is 87.2 cm³/mol. The number of Topliss-reactive ketones (excluding diaryl/α,β-unsaturated/α-hetero) is 1. The van der Waals surface area contributed by atoms with Crippen LogP contribution in [0, 0.1) is 5.82 Å². The van der Waals surface area contributed by atoms with Gasteiger partial charge in [0.15, 0.2) is 0 Å². The van der Waals surface area contributed by atoms with Gasteiger partial charge in [-0.1, -0.05) is 18.2 Å². The molecular formula is C17H21FN2O5. The van der Waals surface area contributed by atoms with Crippen molar-refractivity contribution in [1.29, 1.82) is 0 Å². The first-order valence-corrected chi connectivity index (χ1v) is 7.73. The minimum absolute atomic E-state index is 0.00460. The minimum Gasteiger partial charge on any atom is -0.480 e. The Labute approximate surface area is 144 Å². The van der Waals surface area contributed by atoms with E-state index >= 15 is 0 Å². The molecule has 0 aliphatic carbocycles. The Morgan fingerprint density at radius 1 is 1.08 bits per heavy atom. The van der Waals surface area contributed by atoms with Crippen LogP contribution in [0.1, 0.15) is 32.3 Å². The Kier molecular flexibility index (Phi) is 7.71. The maximum atomic E-state index is 13.8. The number of halogens is 1. The lowest BCUT2D eigenvalue weighted by Crippen LogP contribution is -2.52. The van der Waals surface area contributed by atoms with Gasteiger partial charge in [0.1, 0.15) is 23.7 Å². The number of ketones is 1. The molecule has 0 aromatic heterocycles. The van der Waals surface area contributed by atoms with Gasteiger partial charge in [-0.2, -0.15) is 0 Å². The number of carboxylic acids is 1. The first-order valence-electron chi connectivity index (χ1n) is 7.73. The van der Waals surface area contributed by atoms with Crippen molar-refractivity contribution >= 4 is 23.6 Å². The predicted octanol–water partition coefficient (Wildman–Crippen LogP) is 0.811. The number of carboxylic acid groups (broad SMARTS) is 1. The summed E-state index contributed by atoms with van der Waals surface area (Å²) in [5, 5.41) is 13.8. The van der Waals surface area contributed by atoms with Crippen molar-refractivity contribution in [3.05, 3.63) is 35.6 Å². The van der Waals surface area contributed by atoms with Gasteiger partial charge in [-0.15, -0.1) is 0 Å². The lowest BCUT2D eigenvalue weighted by molar-refractivity contribution is -0.142. The van der Waals surface area contributed by atoms with Crippen molar-refractivity contribution in [2.45, 2.75) is 45.2 Å². The molecule has 0 heterocycles. The van der Waals surface area contributed by atoms with E-state index in [2.05, 4.69) is 10.6 Å². The third-order valence-electron chi connectivity index (χ3n) is 3.48. The van der Waals surface area contributed by atoms with Gasteiger partial charge in [0, 0.05) is 19.8 Å². The van der Waals surface area contributed by atoms with E-state index in [0.717, 1.165) is 0 Å². The van der Waals surface area contributed by atoms with Crippen molar-refractivity contribution < 1.29 is 28.7 Å². The van der Waals surface area contributed by atoms with Crippen LogP contribution in [0.15, 0.2) is 24.3 Å². The van der Waals surface area contributed by atoms with Gasteiger partial charge < -0.3 is 20.5 Å². The fourth-order valence-electron chi connectivity index (χ4n) is 2.22. The van der Waals surface area contributed by atoms with Crippen molar-refractivity contribution in [3.63, 3.8) is 0 Å². The van der Waals surface area contributed by atoms with Crippen molar-refractivity contribution in [2.75, 3.05) is 0 Å². The molecule has 0 bridgehead atoms. The number of hydrogen-bond donors (Lipinski definition) is 3. The second kappa shape index (κ2) is 9.51. The van der Waals surface area contributed by atoms with Crippen LogP contribution in [0.3, 0.4) is 0 Å². The minimum atomic E-state index is -1.29. The zero-order chi connectivity index (χ0) is 19.0. The van der Waals surface area contributed by atoms with Gasteiger partial charge in [0.05, 0.1) is 0 Å². The molecule has 0 unspecified atom stereocenters. The first kappa shape index (κ1) is 20.3. The summed E-state index contributed by atoms with van der Waals surface area (Å²) >= 11 is 0. The Morgan fingerprint density at radius 2 is 1.72 bits per heavy atom. The summed E-state index contributed by atoms with van der Waals surface area (Å²) in [4.78, 5) is 45.9. The van der Waals surface area contributed by atoms with Crippen molar-refractivity contribution in [3.8, 4) is 0 Å². The zero-order valence-corrected chi connectivity index (χ0v) is 14.0. The van der Waals surface area contributed by atoms with Gasteiger partial charge in [-0.25, -0.2) is 9.18 Å². The van der Waals surface area contributed by atoms with Crippen LogP contribution in [0.5, 0.6) is 0 Å². The van der Waals surface area contributed by atoms with Crippen LogP contribution in [0.2, 0.25) is 0 Å². The molecule has 0 aliphatic rings. The molecule has 8 heteroatoms. The molecule has 1 aromatic carbocycles. The maximum Gasteiger partial charge on any atom is 0.326 e. The molecule has 2 atom stereocenters. The third kappa shape index (κ3) is 7.11. The van der Waals surface area contributed by atoms with E-state index < -0.39 is 35.7 Å². The number of carbonyl (C=O) groups excluding carboxylic acids is 3. The van der Waals surface area contributed by atoms with Crippen molar-refractivity contribution in [1.82, 2.24) is 10.6 Å². The van der Waals surface area contributed by atoms with Gasteiger partial charge in [0.2, 0.25) is 11.8 Å². The topological polar surface area (TPSA) is 113 Å². The highest BCUT2D eigenvalue weighted by molar-refractivity contribution is 5.90. The maximum absolute atomic E-state index is 13.8. The molecule has 136 valence electrons. The third-order valence-corrected chi connectivity index (χ3v) is 3.48. The molecule has 3 N–H and O–H groups in total. The molecule has 0 saturated heterocycles.